The molecular formula is C13H23NO3. The number of aliphatic hydroxyl groups excluding tert-OH is 1. The van der Waals surface area contributed by atoms with Gasteiger partial charge >= 0.3 is 5.97 Å². The molecule has 1 heterocycles. The molecule has 4 nitrogen and oxygen atoms in total. The first-order valence-electron chi connectivity index (χ1n) is 6.80. The normalized spacial score (nSPS) is 38.7. The van der Waals surface area contributed by atoms with Crippen molar-refractivity contribution in [2.45, 2.75) is 69.6 Å². The molecule has 2 fully saturated rings. The predicted molar refractivity (Wildman–Crippen MR) is 64.9 cm³/mol. The molecule has 3 unspecified atom stereocenters. The summed E-state index contributed by atoms with van der Waals surface area (Å²) >= 11 is 0. The van der Waals surface area contributed by atoms with Gasteiger partial charge in [0.1, 0.15) is 5.54 Å². The summed E-state index contributed by atoms with van der Waals surface area (Å²) in [5, 5.41) is 19.6. The molecule has 0 aromatic rings. The highest BCUT2D eigenvalue weighted by Gasteiger charge is 2.51. The van der Waals surface area contributed by atoms with Crippen LogP contribution in [0.5, 0.6) is 0 Å². The fraction of sp³-hybridized carbons (Fsp3) is 0.923. The SMILES string of the molecule is CCCC1(C(=O)O)CCCN1C1CCCC1O. The van der Waals surface area contributed by atoms with E-state index in [9.17, 15) is 15.0 Å². The average molecular weight is 241 g/mol. The highest BCUT2D eigenvalue weighted by Crippen LogP contribution is 2.39. The molecule has 1 aliphatic carbocycles. The van der Waals surface area contributed by atoms with Crippen LogP contribution in [-0.2, 0) is 4.79 Å². The molecule has 0 aromatic carbocycles. The number of aliphatic carboxylic acids is 1. The molecule has 1 aliphatic heterocycles. The first-order chi connectivity index (χ1) is 8.12. The molecule has 1 saturated carbocycles. The second-order valence-electron chi connectivity index (χ2n) is 5.45. The Morgan fingerprint density at radius 2 is 2.18 bits per heavy atom. The third-order valence-electron chi connectivity index (χ3n) is 4.45. The van der Waals surface area contributed by atoms with Gasteiger partial charge < -0.3 is 10.2 Å². The quantitative estimate of drug-likeness (QED) is 0.785. The monoisotopic (exact) mass is 241 g/mol. The highest BCUT2D eigenvalue weighted by atomic mass is 16.4. The Morgan fingerprint density at radius 3 is 2.71 bits per heavy atom. The van der Waals surface area contributed by atoms with Crippen LogP contribution in [0.15, 0.2) is 0 Å². The minimum Gasteiger partial charge on any atom is -0.480 e. The van der Waals surface area contributed by atoms with Crippen LogP contribution in [0.4, 0.5) is 0 Å². The fourth-order valence-electron chi connectivity index (χ4n) is 3.69. The third kappa shape index (κ3) is 2.08. The van der Waals surface area contributed by atoms with Crippen LogP contribution < -0.4 is 0 Å². The maximum atomic E-state index is 11.7. The van der Waals surface area contributed by atoms with E-state index in [1.165, 1.54) is 0 Å². The van der Waals surface area contributed by atoms with Gasteiger partial charge in [0.2, 0.25) is 0 Å². The van der Waals surface area contributed by atoms with Crippen molar-refractivity contribution >= 4 is 5.97 Å². The van der Waals surface area contributed by atoms with Crippen LogP contribution in [0.2, 0.25) is 0 Å². The van der Waals surface area contributed by atoms with E-state index < -0.39 is 11.5 Å². The Kier molecular flexibility index (Phi) is 3.73. The summed E-state index contributed by atoms with van der Waals surface area (Å²) in [5.74, 6) is -0.698. The van der Waals surface area contributed by atoms with Gasteiger partial charge in [0.15, 0.2) is 0 Å². The predicted octanol–water partition coefficient (Wildman–Crippen LogP) is 1.62. The lowest BCUT2D eigenvalue weighted by Crippen LogP contribution is -2.56. The van der Waals surface area contributed by atoms with E-state index in [4.69, 9.17) is 0 Å². The van der Waals surface area contributed by atoms with Crippen LogP contribution in [-0.4, -0.2) is 45.3 Å². The zero-order valence-electron chi connectivity index (χ0n) is 10.6. The van der Waals surface area contributed by atoms with Gasteiger partial charge in [-0.05, 0) is 45.1 Å². The van der Waals surface area contributed by atoms with E-state index in [1.54, 1.807) is 0 Å². The molecule has 0 aromatic heterocycles. The molecule has 1 saturated heterocycles. The maximum absolute atomic E-state index is 11.7. The molecule has 17 heavy (non-hydrogen) atoms. The smallest absolute Gasteiger partial charge is 0.324 e. The lowest BCUT2D eigenvalue weighted by Gasteiger charge is -2.40. The van der Waals surface area contributed by atoms with Crippen molar-refractivity contribution in [3.05, 3.63) is 0 Å². The number of nitrogens with zero attached hydrogens (tertiary/aromatic N) is 1. The van der Waals surface area contributed by atoms with Crippen molar-refractivity contribution in [1.82, 2.24) is 4.90 Å². The summed E-state index contributed by atoms with van der Waals surface area (Å²) in [6.07, 6.45) is 5.71. The maximum Gasteiger partial charge on any atom is 0.324 e. The minimum absolute atomic E-state index is 0.0696. The van der Waals surface area contributed by atoms with Crippen LogP contribution in [0.3, 0.4) is 0 Å². The van der Waals surface area contributed by atoms with E-state index in [0.29, 0.717) is 6.42 Å². The van der Waals surface area contributed by atoms with Crippen molar-refractivity contribution < 1.29 is 15.0 Å². The molecule has 0 radical (unpaired) electrons. The van der Waals surface area contributed by atoms with Gasteiger partial charge in [0, 0.05) is 6.04 Å². The Morgan fingerprint density at radius 1 is 1.41 bits per heavy atom. The summed E-state index contributed by atoms with van der Waals surface area (Å²) in [7, 11) is 0. The molecule has 0 amide bonds. The largest absolute Gasteiger partial charge is 0.480 e. The number of likely N-dealkylation sites (tertiary alicyclic amines) is 1. The number of carbonyl (C=O) groups is 1. The van der Waals surface area contributed by atoms with Crippen molar-refractivity contribution in [3.63, 3.8) is 0 Å². The Labute approximate surface area is 103 Å². The Bertz CT molecular complexity index is 294. The number of hydrogen-bond donors (Lipinski definition) is 2. The third-order valence-corrected chi connectivity index (χ3v) is 4.45. The number of hydrogen-bond acceptors (Lipinski definition) is 3. The number of carboxylic acid groups (broad SMARTS) is 1. The zero-order chi connectivity index (χ0) is 12.5. The topological polar surface area (TPSA) is 60.8 Å². The van der Waals surface area contributed by atoms with E-state index in [1.807, 2.05) is 6.92 Å². The number of rotatable bonds is 4. The summed E-state index contributed by atoms with van der Waals surface area (Å²) in [5.41, 5.74) is -0.704. The van der Waals surface area contributed by atoms with E-state index in [0.717, 1.165) is 45.1 Å². The van der Waals surface area contributed by atoms with Gasteiger partial charge in [-0.25, -0.2) is 0 Å². The van der Waals surface area contributed by atoms with Gasteiger partial charge in [-0.2, -0.15) is 0 Å². The first kappa shape index (κ1) is 12.8. The second kappa shape index (κ2) is 4.94. The molecular weight excluding hydrogens is 218 g/mol. The minimum atomic E-state index is -0.704. The molecule has 98 valence electrons. The number of aliphatic hydroxyl groups is 1. The second-order valence-corrected chi connectivity index (χ2v) is 5.45. The van der Waals surface area contributed by atoms with Crippen LogP contribution >= 0.6 is 0 Å². The Hall–Kier alpha value is -0.610. The summed E-state index contributed by atoms with van der Waals surface area (Å²) < 4.78 is 0. The molecule has 2 aliphatic rings. The van der Waals surface area contributed by atoms with Crippen LogP contribution in [0, 0.1) is 0 Å². The Balaban J connectivity index is 2.21. The zero-order valence-corrected chi connectivity index (χ0v) is 10.6. The average Bonchev–Trinajstić information content (AvgIpc) is 2.85. The molecule has 4 heteroatoms. The molecule has 0 bridgehead atoms. The van der Waals surface area contributed by atoms with E-state index in [-0.39, 0.29) is 12.1 Å². The van der Waals surface area contributed by atoms with Gasteiger partial charge in [0.05, 0.1) is 6.10 Å². The van der Waals surface area contributed by atoms with Gasteiger partial charge in [-0.1, -0.05) is 13.3 Å². The van der Waals surface area contributed by atoms with Crippen LogP contribution in [0.1, 0.15) is 51.9 Å². The lowest BCUT2D eigenvalue weighted by atomic mass is 9.89. The highest BCUT2D eigenvalue weighted by molar-refractivity contribution is 5.79. The van der Waals surface area contributed by atoms with Gasteiger partial charge in [-0.3, -0.25) is 9.69 Å². The first-order valence-corrected chi connectivity index (χ1v) is 6.80. The fourth-order valence-corrected chi connectivity index (χ4v) is 3.69. The standard InChI is InChI=1S/C13H23NO3/c1-2-7-13(12(16)17)8-4-9-14(13)10-5-3-6-11(10)15/h10-11,15H,2-9H2,1H3,(H,16,17). The van der Waals surface area contributed by atoms with Crippen molar-refractivity contribution in [2.24, 2.45) is 0 Å². The van der Waals surface area contributed by atoms with Crippen molar-refractivity contribution in [3.8, 4) is 0 Å². The van der Waals surface area contributed by atoms with Gasteiger partial charge in [-0.15, -0.1) is 0 Å². The van der Waals surface area contributed by atoms with E-state index >= 15 is 0 Å². The number of carboxylic acids is 1. The molecule has 2 N–H and O–H groups in total. The molecule has 0 spiro atoms. The van der Waals surface area contributed by atoms with Crippen molar-refractivity contribution in [1.29, 1.82) is 0 Å². The van der Waals surface area contributed by atoms with Crippen molar-refractivity contribution in [2.75, 3.05) is 6.54 Å². The van der Waals surface area contributed by atoms with E-state index in [2.05, 4.69) is 4.90 Å². The van der Waals surface area contributed by atoms with Crippen LogP contribution in [0.25, 0.3) is 0 Å². The molecule has 2 rings (SSSR count). The summed E-state index contributed by atoms with van der Waals surface area (Å²) in [6.45, 7) is 2.86. The molecule has 3 atom stereocenters. The van der Waals surface area contributed by atoms with Gasteiger partial charge in [0.25, 0.3) is 0 Å². The lowest BCUT2D eigenvalue weighted by molar-refractivity contribution is -0.153. The summed E-state index contributed by atoms with van der Waals surface area (Å²) in [6, 6.07) is 0.0696. The summed E-state index contributed by atoms with van der Waals surface area (Å²) in [4.78, 5) is 13.8.